The molecule has 0 spiro atoms. The van der Waals surface area contributed by atoms with Crippen LogP contribution in [0.3, 0.4) is 0 Å². The number of fused-ring (bicyclic) bond motifs is 1. The molecule has 98 valence electrons. The van der Waals surface area contributed by atoms with Gasteiger partial charge in [0, 0.05) is 22.0 Å². The molecule has 2 heterocycles. The molecule has 6 heteroatoms. The van der Waals surface area contributed by atoms with E-state index in [-0.39, 0.29) is 5.82 Å². The summed E-state index contributed by atoms with van der Waals surface area (Å²) in [5.74, 6) is 3.48. The van der Waals surface area contributed by atoms with Crippen molar-refractivity contribution in [1.82, 2.24) is 9.97 Å². The summed E-state index contributed by atoms with van der Waals surface area (Å²) in [5.41, 5.74) is 8.05. The Bertz CT molecular complexity index is 619. The highest BCUT2D eigenvalue weighted by molar-refractivity contribution is 7.98. The lowest BCUT2D eigenvalue weighted by Crippen LogP contribution is -2.04. The Morgan fingerprint density at radius 2 is 2.21 bits per heavy atom. The van der Waals surface area contributed by atoms with Crippen molar-refractivity contribution in [2.75, 3.05) is 5.73 Å². The smallest absolute Gasteiger partial charge is 0.141 e. The van der Waals surface area contributed by atoms with Crippen molar-refractivity contribution in [3.63, 3.8) is 0 Å². The maximum absolute atomic E-state index is 13.1. The second kappa shape index (κ2) is 5.38. The first-order valence-corrected chi connectivity index (χ1v) is 7.96. The summed E-state index contributed by atoms with van der Waals surface area (Å²) in [6.07, 6.45) is 0. The Balaban J connectivity index is 1.76. The number of hydrogen-bond donors (Lipinski definition) is 1. The van der Waals surface area contributed by atoms with Crippen LogP contribution in [0.2, 0.25) is 0 Å². The number of hydrogen-bond acceptors (Lipinski definition) is 5. The van der Waals surface area contributed by atoms with Gasteiger partial charge in [-0.3, -0.25) is 0 Å². The number of aromatic nitrogens is 2. The van der Waals surface area contributed by atoms with Crippen LogP contribution in [0, 0.1) is 5.82 Å². The van der Waals surface area contributed by atoms with E-state index in [1.807, 2.05) is 6.07 Å². The molecule has 0 amide bonds. The summed E-state index contributed by atoms with van der Waals surface area (Å²) in [4.78, 5) is 9.72. The van der Waals surface area contributed by atoms with Crippen molar-refractivity contribution < 1.29 is 4.39 Å². The fraction of sp³-hybridized carbons (Fsp3) is 0.231. The van der Waals surface area contributed by atoms with Gasteiger partial charge in [-0.2, -0.15) is 11.8 Å². The van der Waals surface area contributed by atoms with Crippen LogP contribution >= 0.6 is 23.5 Å². The van der Waals surface area contributed by atoms with Crippen LogP contribution in [-0.4, -0.2) is 9.97 Å². The highest BCUT2D eigenvalue weighted by Crippen LogP contribution is 2.32. The molecule has 0 bridgehead atoms. The highest BCUT2D eigenvalue weighted by Gasteiger charge is 2.18. The lowest BCUT2D eigenvalue weighted by molar-refractivity contribution is 0.624. The minimum atomic E-state index is -0.226. The Hall–Kier alpha value is -1.27. The molecule has 2 N–H and O–H groups in total. The van der Waals surface area contributed by atoms with E-state index < -0.39 is 0 Å². The third kappa shape index (κ3) is 2.84. The lowest BCUT2D eigenvalue weighted by Gasteiger charge is -2.06. The van der Waals surface area contributed by atoms with Crippen LogP contribution in [-0.2, 0) is 17.3 Å². The van der Waals surface area contributed by atoms with Gasteiger partial charge in [0.25, 0.3) is 0 Å². The van der Waals surface area contributed by atoms with Crippen molar-refractivity contribution in [1.29, 1.82) is 0 Å². The van der Waals surface area contributed by atoms with Gasteiger partial charge in [0.1, 0.15) is 17.5 Å². The molecule has 0 unspecified atom stereocenters. The van der Waals surface area contributed by atoms with E-state index in [0.29, 0.717) is 17.4 Å². The third-order valence-corrected chi connectivity index (χ3v) is 4.78. The van der Waals surface area contributed by atoms with E-state index in [9.17, 15) is 4.39 Å². The third-order valence-electron chi connectivity index (χ3n) is 2.82. The van der Waals surface area contributed by atoms with Crippen molar-refractivity contribution in [2.24, 2.45) is 0 Å². The zero-order valence-electron chi connectivity index (χ0n) is 10.1. The number of rotatable bonds is 3. The van der Waals surface area contributed by atoms with Crippen LogP contribution in [0.4, 0.5) is 10.2 Å². The number of anilines is 1. The van der Waals surface area contributed by atoms with Crippen LogP contribution in [0.25, 0.3) is 0 Å². The first kappa shape index (κ1) is 12.7. The molecule has 0 saturated heterocycles. The molecule has 0 atom stereocenters. The average molecular weight is 293 g/mol. The van der Waals surface area contributed by atoms with Crippen LogP contribution in [0.1, 0.15) is 17.1 Å². The van der Waals surface area contributed by atoms with Gasteiger partial charge in [-0.1, -0.05) is 6.07 Å². The normalized spacial score (nSPS) is 13.5. The van der Waals surface area contributed by atoms with E-state index in [1.54, 1.807) is 17.8 Å². The molecule has 2 aromatic rings. The number of nitrogen functional groups attached to an aromatic ring is 1. The number of nitrogens with zero attached hydrogens (tertiary/aromatic N) is 2. The summed E-state index contributed by atoms with van der Waals surface area (Å²) in [5, 5.41) is 0. The van der Waals surface area contributed by atoms with Crippen molar-refractivity contribution in [2.45, 2.75) is 22.2 Å². The van der Waals surface area contributed by atoms with Crippen LogP contribution in [0.15, 0.2) is 29.2 Å². The molecule has 0 radical (unpaired) electrons. The van der Waals surface area contributed by atoms with Crippen molar-refractivity contribution >= 4 is 29.3 Å². The summed E-state index contributed by atoms with van der Waals surface area (Å²) in [6.45, 7) is 0. The number of nitrogens with two attached hydrogens (primary N) is 1. The minimum Gasteiger partial charge on any atom is -0.383 e. The zero-order valence-corrected chi connectivity index (χ0v) is 11.7. The van der Waals surface area contributed by atoms with Gasteiger partial charge in [-0.25, -0.2) is 14.4 Å². The largest absolute Gasteiger partial charge is 0.383 e. The van der Waals surface area contributed by atoms with Gasteiger partial charge < -0.3 is 5.73 Å². The molecule has 1 aliphatic rings. The van der Waals surface area contributed by atoms with Gasteiger partial charge in [0.15, 0.2) is 0 Å². The fourth-order valence-corrected chi connectivity index (χ4v) is 3.75. The van der Waals surface area contributed by atoms with E-state index in [4.69, 9.17) is 5.73 Å². The number of thioether (sulfide) groups is 2. The summed E-state index contributed by atoms with van der Waals surface area (Å²) >= 11 is 3.32. The number of benzene rings is 1. The van der Waals surface area contributed by atoms with E-state index in [1.165, 1.54) is 23.9 Å². The molecule has 1 aromatic carbocycles. The number of halogens is 1. The molecule has 0 fully saturated rings. The van der Waals surface area contributed by atoms with Crippen LogP contribution < -0.4 is 5.73 Å². The standard InChI is InChI=1S/C13H12FN3S2/c14-8-2-1-3-9(4-8)19-7-12-16-11-6-18-5-10(11)13(15)17-12/h1-4H,5-7H2,(H2,15,16,17). The van der Waals surface area contributed by atoms with Gasteiger partial charge in [-0.05, 0) is 18.2 Å². The second-order valence-corrected chi connectivity index (χ2v) is 6.22. The van der Waals surface area contributed by atoms with Gasteiger partial charge in [0.05, 0.1) is 11.4 Å². The Morgan fingerprint density at radius 3 is 3.05 bits per heavy atom. The first-order chi connectivity index (χ1) is 9.22. The van der Waals surface area contributed by atoms with Gasteiger partial charge in [-0.15, -0.1) is 11.8 Å². The molecule has 1 aromatic heterocycles. The minimum absolute atomic E-state index is 0.226. The predicted octanol–water partition coefficient (Wildman–Crippen LogP) is 3.24. The van der Waals surface area contributed by atoms with Gasteiger partial charge in [0.2, 0.25) is 0 Å². The predicted molar refractivity (Wildman–Crippen MR) is 77.4 cm³/mol. The topological polar surface area (TPSA) is 51.8 Å². The fourth-order valence-electron chi connectivity index (χ4n) is 1.90. The Labute approximate surface area is 119 Å². The van der Waals surface area contributed by atoms with E-state index in [2.05, 4.69) is 9.97 Å². The molecule has 1 aliphatic heterocycles. The Kier molecular flexibility index (Phi) is 3.61. The van der Waals surface area contributed by atoms with Gasteiger partial charge >= 0.3 is 0 Å². The van der Waals surface area contributed by atoms with Crippen molar-refractivity contribution in [3.8, 4) is 0 Å². The molecule has 0 saturated carbocycles. The van der Waals surface area contributed by atoms with E-state index in [0.717, 1.165) is 27.7 Å². The maximum atomic E-state index is 13.1. The lowest BCUT2D eigenvalue weighted by atomic mass is 10.2. The summed E-state index contributed by atoms with van der Waals surface area (Å²) in [6, 6.07) is 6.52. The average Bonchev–Trinajstić information content (AvgIpc) is 2.85. The molecule has 0 aliphatic carbocycles. The molecular formula is C13H12FN3S2. The Morgan fingerprint density at radius 1 is 1.32 bits per heavy atom. The van der Waals surface area contributed by atoms with Crippen LogP contribution in [0.5, 0.6) is 0 Å². The molecule has 3 rings (SSSR count). The monoisotopic (exact) mass is 293 g/mol. The maximum Gasteiger partial charge on any atom is 0.141 e. The van der Waals surface area contributed by atoms with E-state index >= 15 is 0 Å². The quantitative estimate of drug-likeness (QED) is 0.880. The molecule has 3 nitrogen and oxygen atoms in total. The highest BCUT2D eigenvalue weighted by atomic mass is 32.2. The molecular weight excluding hydrogens is 281 g/mol. The molecule has 19 heavy (non-hydrogen) atoms. The zero-order chi connectivity index (χ0) is 13.2. The summed E-state index contributed by atoms with van der Waals surface area (Å²) < 4.78 is 13.1. The SMILES string of the molecule is Nc1nc(CSc2cccc(F)c2)nc2c1CSC2. The summed E-state index contributed by atoms with van der Waals surface area (Å²) in [7, 11) is 0. The second-order valence-electron chi connectivity index (χ2n) is 4.19. The first-order valence-electron chi connectivity index (χ1n) is 5.82. The van der Waals surface area contributed by atoms with Crippen molar-refractivity contribution in [3.05, 3.63) is 47.2 Å².